The quantitative estimate of drug-likeness (QED) is 0.111. The smallest absolute Gasteiger partial charge is 0.410 e. The second-order valence-corrected chi connectivity index (χ2v) is 16.8. The minimum absolute atomic E-state index is 0.117. The lowest BCUT2D eigenvalue weighted by atomic mass is 9.93. The van der Waals surface area contributed by atoms with Crippen molar-refractivity contribution in [2.45, 2.75) is 69.9 Å². The number of non-ortho nitro benzene ring substituents is 1. The summed E-state index contributed by atoms with van der Waals surface area (Å²) in [7, 11) is -2.94. The number of nitro groups is 1. The zero-order valence-corrected chi connectivity index (χ0v) is 26.3. The highest BCUT2D eigenvalue weighted by Crippen LogP contribution is 2.48. The van der Waals surface area contributed by atoms with E-state index >= 15 is 0 Å². The number of nitro benzene ring substituents is 1. The third-order valence-electron chi connectivity index (χ3n) is 9.09. The van der Waals surface area contributed by atoms with Crippen molar-refractivity contribution in [3.05, 3.63) is 112 Å². The molecule has 10 heteroatoms. The van der Waals surface area contributed by atoms with Crippen molar-refractivity contribution < 1.29 is 28.4 Å². The van der Waals surface area contributed by atoms with Gasteiger partial charge in [0.15, 0.2) is 12.2 Å². The van der Waals surface area contributed by atoms with Crippen molar-refractivity contribution >= 4 is 36.4 Å². The molecule has 0 saturated carbocycles. The van der Waals surface area contributed by atoms with Crippen LogP contribution in [0.4, 0.5) is 10.5 Å². The van der Waals surface area contributed by atoms with Crippen molar-refractivity contribution in [1.29, 1.82) is 0 Å². The van der Waals surface area contributed by atoms with E-state index in [2.05, 4.69) is 69.3 Å². The van der Waals surface area contributed by atoms with Crippen molar-refractivity contribution in [1.82, 2.24) is 4.90 Å². The third-order valence-corrected chi connectivity index (χ3v) is 14.1. The summed E-state index contributed by atoms with van der Waals surface area (Å²) >= 11 is 0. The first kappa shape index (κ1) is 29.8. The van der Waals surface area contributed by atoms with Crippen LogP contribution in [0.5, 0.6) is 0 Å². The lowest BCUT2D eigenvalue weighted by molar-refractivity contribution is -0.384. The summed E-state index contributed by atoms with van der Waals surface area (Å²) in [6.07, 6.45) is -1.07. The Kier molecular flexibility index (Phi) is 7.67. The van der Waals surface area contributed by atoms with Gasteiger partial charge in [0.05, 0.1) is 16.6 Å². The van der Waals surface area contributed by atoms with Crippen LogP contribution in [0.2, 0.25) is 5.04 Å². The zero-order chi connectivity index (χ0) is 31.2. The molecule has 0 radical (unpaired) electrons. The molecule has 2 aliphatic heterocycles. The molecule has 2 saturated heterocycles. The number of benzene rings is 3. The van der Waals surface area contributed by atoms with Crippen LogP contribution in [0.15, 0.2) is 96.1 Å². The van der Waals surface area contributed by atoms with E-state index in [-0.39, 0.29) is 22.4 Å². The maximum absolute atomic E-state index is 13.3. The first-order valence-corrected chi connectivity index (χ1v) is 16.9. The van der Waals surface area contributed by atoms with Crippen molar-refractivity contribution in [3.8, 4) is 0 Å². The SMILES string of the molecule is CCC1=C2[C@@H](O[Si](c3ccccc3)(c3ccccc3)C(C)(C)C)CCN3C(=O)O[C@H]([C@@H]1OC(=O)c1ccc([N+](=O)[O-])cc1)[C@H]23. The molecule has 228 valence electrons. The second kappa shape index (κ2) is 11.3. The Morgan fingerprint density at radius 2 is 1.59 bits per heavy atom. The van der Waals surface area contributed by atoms with Gasteiger partial charge in [-0.3, -0.25) is 15.0 Å². The molecule has 1 aliphatic carbocycles. The van der Waals surface area contributed by atoms with Gasteiger partial charge in [-0.05, 0) is 51.5 Å². The first-order chi connectivity index (χ1) is 21.1. The number of piperidine rings is 1. The number of amides is 1. The normalized spacial score (nSPS) is 22.9. The molecular weight excluding hydrogens is 576 g/mol. The van der Waals surface area contributed by atoms with Crippen LogP contribution in [-0.4, -0.2) is 61.1 Å². The fourth-order valence-electron chi connectivity index (χ4n) is 7.18. The summed E-state index contributed by atoms with van der Waals surface area (Å²) in [5, 5.41) is 13.2. The Labute approximate surface area is 257 Å². The largest absolute Gasteiger partial charge is 0.450 e. The highest BCUT2D eigenvalue weighted by Gasteiger charge is 2.61. The fraction of sp³-hybridized carbons (Fsp3) is 0.353. The predicted molar refractivity (Wildman–Crippen MR) is 167 cm³/mol. The summed E-state index contributed by atoms with van der Waals surface area (Å²) in [5.74, 6) is -0.631. The van der Waals surface area contributed by atoms with Crippen LogP contribution in [0, 0.1) is 10.1 Å². The van der Waals surface area contributed by atoms with Gasteiger partial charge in [0, 0.05) is 18.7 Å². The summed E-state index contributed by atoms with van der Waals surface area (Å²) in [5.41, 5.74) is 1.93. The Bertz CT molecular complexity index is 1560. The van der Waals surface area contributed by atoms with Gasteiger partial charge >= 0.3 is 12.1 Å². The Morgan fingerprint density at radius 3 is 2.11 bits per heavy atom. The topological polar surface area (TPSA) is 108 Å². The molecule has 44 heavy (non-hydrogen) atoms. The van der Waals surface area contributed by atoms with E-state index in [1.54, 1.807) is 4.90 Å². The van der Waals surface area contributed by atoms with Gasteiger partial charge in [0.1, 0.15) is 6.04 Å². The highest BCUT2D eigenvalue weighted by molar-refractivity contribution is 6.99. The molecular formula is C34H36N2O7Si. The summed E-state index contributed by atoms with van der Waals surface area (Å²) in [6.45, 7) is 9.18. The van der Waals surface area contributed by atoms with E-state index in [1.807, 2.05) is 19.1 Å². The maximum Gasteiger partial charge on any atom is 0.410 e. The number of carbonyl (C=O) groups is 2. The van der Waals surface area contributed by atoms with Crippen molar-refractivity contribution in [2.75, 3.05) is 6.54 Å². The molecule has 0 unspecified atom stereocenters. The monoisotopic (exact) mass is 612 g/mol. The van der Waals surface area contributed by atoms with Crippen molar-refractivity contribution in [2.24, 2.45) is 0 Å². The fourth-order valence-corrected chi connectivity index (χ4v) is 11.9. The molecule has 0 bridgehead atoms. The molecule has 0 N–H and O–H groups in total. The molecule has 0 aromatic heterocycles. The molecule has 3 aliphatic rings. The summed E-state index contributed by atoms with van der Waals surface area (Å²) in [6, 6.07) is 25.8. The van der Waals surface area contributed by atoms with Gasteiger partial charge in [-0.25, -0.2) is 9.59 Å². The van der Waals surface area contributed by atoms with E-state index in [0.29, 0.717) is 19.4 Å². The van der Waals surface area contributed by atoms with Crippen LogP contribution in [0.3, 0.4) is 0 Å². The van der Waals surface area contributed by atoms with E-state index in [0.717, 1.165) is 21.5 Å². The average Bonchev–Trinajstić information content (AvgIpc) is 3.51. The summed E-state index contributed by atoms with van der Waals surface area (Å²) in [4.78, 5) is 38.7. The van der Waals surface area contributed by atoms with Crippen LogP contribution in [0.1, 0.15) is 50.9 Å². The predicted octanol–water partition coefficient (Wildman–Crippen LogP) is 5.38. The van der Waals surface area contributed by atoms with E-state index in [1.165, 1.54) is 24.3 Å². The Morgan fingerprint density at radius 1 is 1.00 bits per heavy atom. The molecule has 6 rings (SSSR count). The molecule has 9 nitrogen and oxygen atoms in total. The van der Waals surface area contributed by atoms with Crippen LogP contribution >= 0.6 is 0 Å². The number of hydrogen-bond donors (Lipinski definition) is 0. The molecule has 1 amide bonds. The van der Waals surface area contributed by atoms with E-state index in [4.69, 9.17) is 13.9 Å². The van der Waals surface area contributed by atoms with Crippen LogP contribution in [0.25, 0.3) is 0 Å². The molecule has 3 aromatic rings. The number of rotatable bonds is 8. The minimum Gasteiger partial charge on any atom is -0.450 e. The van der Waals surface area contributed by atoms with Crippen LogP contribution in [-0.2, 0) is 13.9 Å². The molecule has 3 aromatic carbocycles. The van der Waals surface area contributed by atoms with Gasteiger partial charge in [-0.2, -0.15) is 0 Å². The van der Waals surface area contributed by atoms with Gasteiger partial charge in [-0.1, -0.05) is 88.4 Å². The number of hydrogen-bond acceptors (Lipinski definition) is 7. The number of carbonyl (C=O) groups excluding carboxylic acids is 2. The number of nitrogens with zero attached hydrogens (tertiary/aromatic N) is 2. The molecule has 2 heterocycles. The Hall–Kier alpha value is -4.28. The lowest BCUT2D eigenvalue weighted by Gasteiger charge is -2.47. The van der Waals surface area contributed by atoms with Gasteiger partial charge in [0.25, 0.3) is 14.0 Å². The second-order valence-electron chi connectivity index (χ2n) is 12.5. The average molecular weight is 613 g/mol. The number of esters is 1. The van der Waals surface area contributed by atoms with Crippen molar-refractivity contribution in [3.63, 3.8) is 0 Å². The third kappa shape index (κ3) is 4.82. The highest BCUT2D eigenvalue weighted by atomic mass is 28.4. The molecule has 2 fully saturated rings. The van der Waals surface area contributed by atoms with E-state index in [9.17, 15) is 19.7 Å². The standard InChI is InChI=1S/C34H36N2O7Si/c1-5-26-28-27(43-44(34(2,3)4,24-12-8-6-9-13-24)25-14-10-7-11-15-25)20-21-35-29(28)31(42-33(35)38)30(26)41-32(37)22-16-18-23(19-17-22)36(39)40/h6-19,27,29-31H,5,20-21H2,1-4H3/t27-,29-,30+,31-/m0/s1. The first-order valence-electron chi connectivity index (χ1n) is 15.0. The maximum atomic E-state index is 13.3. The minimum atomic E-state index is -2.94. The van der Waals surface area contributed by atoms with Gasteiger partial charge < -0.3 is 13.9 Å². The van der Waals surface area contributed by atoms with Gasteiger partial charge in [-0.15, -0.1) is 0 Å². The van der Waals surface area contributed by atoms with Gasteiger partial charge in [0.2, 0.25) is 0 Å². The Balaban J connectivity index is 1.42. The summed E-state index contributed by atoms with van der Waals surface area (Å²) < 4.78 is 19.5. The van der Waals surface area contributed by atoms with E-state index < -0.39 is 43.6 Å². The molecule has 0 spiro atoms. The zero-order valence-electron chi connectivity index (χ0n) is 25.3. The number of ether oxygens (including phenoxy) is 2. The van der Waals surface area contributed by atoms with Crippen LogP contribution < -0.4 is 10.4 Å². The lowest BCUT2D eigenvalue weighted by Crippen LogP contribution is -2.68. The molecule has 4 atom stereocenters.